The summed E-state index contributed by atoms with van der Waals surface area (Å²) >= 11 is 1.69. The van der Waals surface area contributed by atoms with Crippen molar-refractivity contribution < 1.29 is 9.21 Å². The number of carbonyl (C=O) groups is 1. The molecule has 1 aliphatic rings. The number of piperidine rings is 1. The van der Waals surface area contributed by atoms with Gasteiger partial charge in [-0.3, -0.25) is 4.79 Å². The molecule has 0 radical (unpaired) electrons. The summed E-state index contributed by atoms with van der Waals surface area (Å²) in [5.41, 5.74) is 2.59. The summed E-state index contributed by atoms with van der Waals surface area (Å²) in [6, 6.07) is 18.0. The van der Waals surface area contributed by atoms with Crippen molar-refractivity contribution in [2.75, 3.05) is 6.54 Å². The van der Waals surface area contributed by atoms with Crippen LogP contribution in [-0.2, 0) is 11.2 Å². The van der Waals surface area contributed by atoms with Gasteiger partial charge in [0, 0.05) is 12.1 Å². The highest BCUT2D eigenvalue weighted by Gasteiger charge is 2.30. The lowest BCUT2D eigenvalue weighted by atomic mass is 10.0. The Labute approximate surface area is 173 Å². The summed E-state index contributed by atoms with van der Waals surface area (Å²) < 4.78 is 6.77. The number of carbonyl (C=O) groups excluding carboxylic acids is 1. The molecule has 5 rings (SSSR count). The number of likely N-dealkylation sites (tertiary alicyclic amines) is 1. The zero-order valence-corrected chi connectivity index (χ0v) is 16.8. The number of rotatable bonds is 4. The maximum Gasteiger partial charge on any atom is 0.229 e. The minimum atomic E-state index is 0.0501. The van der Waals surface area contributed by atoms with E-state index >= 15 is 0 Å². The molecule has 1 atom stereocenters. The van der Waals surface area contributed by atoms with Crippen molar-refractivity contribution in [2.45, 2.75) is 31.7 Å². The summed E-state index contributed by atoms with van der Waals surface area (Å²) in [6.45, 7) is 0.767. The molecule has 1 saturated heterocycles. The molecule has 1 unspecified atom stereocenters. The maximum atomic E-state index is 13.1. The van der Waals surface area contributed by atoms with Crippen molar-refractivity contribution in [3.05, 3.63) is 71.6 Å². The Bertz CT molecular complexity index is 1100. The molecule has 0 spiro atoms. The molecule has 0 N–H and O–H groups in total. The standard InChI is InChI=1S/C23H21N3O2S/c27-21(14-17-15-28-22(24-17)16-8-2-1-3-9-16)26-13-7-6-11-19(26)23-25-18-10-4-5-12-20(18)29-23/h1-5,8-10,12,15,19H,6-7,11,13-14H2. The van der Waals surface area contributed by atoms with Crippen molar-refractivity contribution in [2.24, 2.45) is 0 Å². The largest absolute Gasteiger partial charge is 0.444 e. The molecule has 2 aromatic carbocycles. The first-order chi connectivity index (χ1) is 14.3. The molecule has 3 heterocycles. The van der Waals surface area contributed by atoms with Crippen LogP contribution in [0.4, 0.5) is 0 Å². The van der Waals surface area contributed by atoms with Crippen LogP contribution in [0.15, 0.2) is 65.3 Å². The lowest BCUT2D eigenvalue weighted by Crippen LogP contribution is -2.39. The van der Waals surface area contributed by atoms with E-state index in [0.29, 0.717) is 11.6 Å². The fourth-order valence-corrected chi connectivity index (χ4v) is 4.99. The average molecular weight is 404 g/mol. The Morgan fingerprint density at radius 3 is 2.76 bits per heavy atom. The maximum absolute atomic E-state index is 13.1. The molecular formula is C23H21N3O2S. The van der Waals surface area contributed by atoms with E-state index in [2.05, 4.69) is 11.1 Å². The zero-order chi connectivity index (χ0) is 19.6. The first kappa shape index (κ1) is 18.1. The summed E-state index contributed by atoms with van der Waals surface area (Å²) in [7, 11) is 0. The van der Waals surface area contributed by atoms with Crippen molar-refractivity contribution in [1.29, 1.82) is 0 Å². The molecule has 1 aliphatic heterocycles. The summed E-state index contributed by atoms with van der Waals surface area (Å²) in [4.78, 5) is 24.4. The van der Waals surface area contributed by atoms with Crippen LogP contribution in [-0.4, -0.2) is 27.3 Å². The fraction of sp³-hybridized carbons (Fsp3) is 0.261. The van der Waals surface area contributed by atoms with E-state index in [4.69, 9.17) is 9.40 Å². The van der Waals surface area contributed by atoms with E-state index in [1.54, 1.807) is 17.6 Å². The molecule has 5 nitrogen and oxygen atoms in total. The second-order valence-corrected chi connectivity index (χ2v) is 8.37. The molecule has 29 heavy (non-hydrogen) atoms. The molecule has 0 aliphatic carbocycles. The molecule has 0 saturated carbocycles. The second kappa shape index (κ2) is 7.79. The van der Waals surface area contributed by atoms with Crippen molar-refractivity contribution in [1.82, 2.24) is 14.9 Å². The SMILES string of the molecule is O=C(Cc1coc(-c2ccccc2)n1)N1CCCCC1c1nc2ccccc2s1. The number of thiazole rings is 1. The topological polar surface area (TPSA) is 59.2 Å². The first-order valence-corrected chi connectivity index (χ1v) is 10.7. The van der Waals surface area contributed by atoms with E-state index in [9.17, 15) is 4.79 Å². The Morgan fingerprint density at radius 1 is 1.07 bits per heavy atom. The Balaban J connectivity index is 1.36. The number of nitrogens with zero attached hydrogens (tertiary/aromatic N) is 3. The van der Waals surface area contributed by atoms with Crippen molar-refractivity contribution in [3.63, 3.8) is 0 Å². The third-order valence-corrected chi connectivity index (χ3v) is 6.46. The van der Waals surface area contributed by atoms with Gasteiger partial charge in [-0.25, -0.2) is 9.97 Å². The molecular weight excluding hydrogens is 382 g/mol. The quantitative estimate of drug-likeness (QED) is 0.467. The van der Waals surface area contributed by atoms with Crippen LogP contribution in [0.2, 0.25) is 0 Å². The highest BCUT2D eigenvalue weighted by atomic mass is 32.1. The van der Waals surface area contributed by atoms with Crippen LogP contribution in [0.1, 0.15) is 36.0 Å². The number of para-hydroxylation sites is 1. The fourth-order valence-electron chi connectivity index (χ4n) is 3.88. The zero-order valence-electron chi connectivity index (χ0n) is 16.0. The van der Waals surface area contributed by atoms with Crippen LogP contribution < -0.4 is 0 Å². The molecule has 146 valence electrons. The highest BCUT2D eigenvalue weighted by Crippen LogP contribution is 2.36. The molecule has 4 aromatic rings. The molecule has 6 heteroatoms. The lowest BCUT2D eigenvalue weighted by molar-refractivity contribution is -0.134. The number of oxazole rings is 1. The van der Waals surface area contributed by atoms with Crippen LogP contribution in [0.25, 0.3) is 21.7 Å². The van der Waals surface area contributed by atoms with Gasteiger partial charge in [0.05, 0.1) is 28.4 Å². The highest BCUT2D eigenvalue weighted by molar-refractivity contribution is 7.18. The van der Waals surface area contributed by atoms with Crippen molar-refractivity contribution >= 4 is 27.5 Å². The van der Waals surface area contributed by atoms with Gasteiger partial charge in [-0.15, -0.1) is 11.3 Å². The van der Waals surface area contributed by atoms with Gasteiger partial charge in [-0.1, -0.05) is 30.3 Å². The third-order valence-electron chi connectivity index (χ3n) is 5.32. The smallest absolute Gasteiger partial charge is 0.229 e. The minimum absolute atomic E-state index is 0.0501. The van der Waals surface area contributed by atoms with Gasteiger partial charge >= 0.3 is 0 Å². The summed E-state index contributed by atoms with van der Waals surface area (Å²) in [5, 5.41) is 1.03. The number of amides is 1. The van der Waals surface area contributed by atoms with Gasteiger partial charge in [0.25, 0.3) is 0 Å². The van der Waals surface area contributed by atoms with Gasteiger partial charge in [-0.2, -0.15) is 0 Å². The van der Waals surface area contributed by atoms with E-state index in [1.165, 1.54) is 4.70 Å². The molecule has 1 fully saturated rings. The van der Waals surface area contributed by atoms with Gasteiger partial charge in [0.2, 0.25) is 11.8 Å². The second-order valence-electron chi connectivity index (χ2n) is 7.31. The van der Waals surface area contributed by atoms with E-state index < -0.39 is 0 Å². The molecule has 1 amide bonds. The van der Waals surface area contributed by atoms with Crippen LogP contribution in [0.3, 0.4) is 0 Å². The van der Waals surface area contributed by atoms with E-state index in [0.717, 1.165) is 41.9 Å². The predicted molar refractivity (Wildman–Crippen MR) is 114 cm³/mol. The van der Waals surface area contributed by atoms with Gasteiger partial charge in [-0.05, 0) is 43.5 Å². The van der Waals surface area contributed by atoms with Crippen molar-refractivity contribution in [3.8, 4) is 11.5 Å². The Morgan fingerprint density at radius 2 is 1.90 bits per heavy atom. The van der Waals surface area contributed by atoms with Gasteiger partial charge < -0.3 is 9.32 Å². The average Bonchev–Trinajstić information content (AvgIpc) is 3.41. The van der Waals surface area contributed by atoms with Gasteiger partial charge in [0.15, 0.2) is 0 Å². The van der Waals surface area contributed by atoms with Crippen LogP contribution in [0, 0.1) is 0 Å². The third kappa shape index (κ3) is 3.68. The Kier molecular flexibility index (Phi) is 4.86. The normalized spacial score (nSPS) is 17.0. The number of aromatic nitrogens is 2. The number of hydrogen-bond acceptors (Lipinski definition) is 5. The number of benzene rings is 2. The number of hydrogen-bond donors (Lipinski definition) is 0. The van der Waals surface area contributed by atoms with Crippen LogP contribution in [0.5, 0.6) is 0 Å². The lowest BCUT2D eigenvalue weighted by Gasteiger charge is -2.34. The summed E-state index contributed by atoms with van der Waals surface area (Å²) in [6.07, 6.45) is 4.95. The Hall–Kier alpha value is -2.99. The predicted octanol–water partition coefficient (Wildman–Crippen LogP) is 5.25. The van der Waals surface area contributed by atoms with Crippen LogP contribution >= 0.6 is 11.3 Å². The van der Waals surface area contributed by atoms with E-state index in [1.807, 2.05) is 53.4 Å². The van der Waals surface area contributed by atoms with E-state index in [-0.39, 0.29) is 18.4 Å². The summed E-state index contributed by atoms with van der Waals surface area (Å²) in [5.74, 6) is 0.636. The number of fused-ring (bicyclic) bond motifs is 1. The molecule has 2 aromatic heterocycles. The monoisotopic (exact) mass is 403 g/mol. The first-order valence-electron chi connectivity index (χ1n) is 9.93. The van der Waals surface area contributed by atoms with Gasteiger partial charge in [0.1, 0.15) is 11.3 Å². The molecule has 0 bridgehead atoms. The minimum Gasteiger partial charge on any atom is -0.444 e.